The summed E-state index contributed by atoms with van der Waals surface area (Å²) in [6.07, 6.45) is -0.748. The molecule has 0 aliphatic carbocycles. The largest absolute Gasteiger partial charge is 0.445 e. The second-order valence-corrected chi connectivity index (χ2v) is 8.16. The van der Waals surface area contributed by atoms with Gasteiger partial charge in [0.1, 0.15) is 18.5 Å². The molecule has 0 saturated heterocycles. The molecule has 8 heteroatoms. The molecule has 2 amide bonds. The molecule has 3 aromatic rings. The molecule has 0 aliphatic heterocycles. The number of alkyl carbamates (subject to hydrolysis) is 1. The van der Waals surface area contributed by atoms with E-state index in [0.29, 0.717) is 0 Å². The van der Waals surface area contributed by atoms with Gasteiger partial charge in [0.25, 0.3) is 0 Å². The Bertz CT molecular complexity index is 1140. The van der Waals surface area contributed by atoms with Gasteiger partial charge in [0.05, 0.1) is 11.3 Å². The number of hydrogen-bond acceptors (Lipinski definition) is 4. The highest BCUT2D eigenvalue weighted by atomic mass is 127. The van der Waals surface area contributed by atoms with Crippen LogP contribution in [0.4, 0.5) is 14.9 Å². The van der Waals surface area contributed by atoms with Crippen LogP contribution in [0.5, 0.6) is 0 Å². The number of ketones is 1. The predicted octanol–water partition coefficient (Wildman–Crippen LogP) is 4.91. The first-order valence-corrected chi connectivity index (χ1v) is 10.8. The summed E-state index contributed by atoms with van der Waals surface area (Å²) >= 11 is 2.03. The van der Waals surface area contributed by atoms with E-state index in [9.17, 15) is 18.8 Å². The number of hydrogen-bond donors (Lipinski definition) is 2. The highest BCUT2D eigenvalue weighted by Crippen LogP contribution is 2.23. The van der Waals surface area contributed by atoms with Crippen molar-refractivity contribution >= 4 is 46.1 Å². The van der Waals surface area contributed by atoms with Crippen LogP contribution in [0.2, 0.25) is 0 Å². The predicted molar refractivity (Wildman–Crippen MR) is 127 cm³/mol. The van der Waals surface area contributed by atoms with Crippen LogP contribution in [0.3, 0.4) is 0 Å². The number of rotatable bonds is 7. The maximum atomic E-state index is 14.1. The summed E-state index contributed by atoms with van der Waals surface area (Å²) in [4.78, 5) is 37.5. The first kappa shape index (κ1) is 23.4. The van der Waals surface area contributed by atoms with Gasteiger partial charge < -0.3 is 15.4 Å². The van der Waals surface area contributed by atoms with E-state index in [4.69, 9.17) is 4.74 Å². The fraction of sp³-hybridized carbons (Fsp3) is 0.125. The Morgan fingerprint density at radius 2 is 1.66 bits per heavy atom. The zero-order valence-corrected chi connectivity index (χ0v) is 19.3. The van der Waals surface area contributed by atoms with Gasteiger partial charge in [-0.3, -0.25) is 9.59 Å². The van der Waals surface area contributed by atoms with Crippen molar-refractivity contribution in [2.75, 3.05) is 5.32 Å². The van der Waals surface area contributed by atoms with E-state index in [1.54, 1.807) is 24.3 Å². The van der Waals surface area contributed by atoms with Gasteiger partial charge >= 0.3 is 6.09 Å². The summed E-state index contributed by atoms with van der Waals surface area (Å²) in [7, 11) is 0. The molecule has 3 rings (SSSR count). The molecule has 0 aliphatic rings. The van der Waals surface area contributed by atoms with Crippen molar-refractivity contribution in [2.45, 2.75) is 19.6 Å². The van der Waals surface area contributed by atoms with E-state index in [-0.39, 0.29) is 23.4 Å². The first-order chi connectivity index (χ1) is 15.3. The third kappa shape index (κ3) is 6.13. The smallest absolute Gasteiger partial charge is 0.408 e. The average molecular weight is 546 g/mol. The quantitative estimate of drug-likeness (QED) is 0.326. The molecule has 0 fully saturated rings. The minimum absolute atomic E-state index is 0.0689. The van der Waals surface area contributed by atoms with Crippen molar-refractivity contribution in [3.05, 3.63) is 98.9 Å². The highest BCUT2D eigenvalue weighted by molar-refractivity contribution is 14.1. The number of amides is 2. The van der Waals surface area contributed by atoms with Crippen molar-refractivity contribution < 1.29 is 23.5 Å². The number of anilines is 1. The van der Waals surface area contributed by atoms with Gasteiger partial charge in [0, 0.05) is 9.13 Å². The number of halogens is 2. The van der Waals surface area contributed by atoms with Crippen LogP contribution in [0, 0.1) is 9.39 Å². The van der Waals surface area contributed by atoms with Crippen LogP contribution >= 0.6 is 22.6 Å². The lowest BCUT2D eigenvalue weighted by Crippen LogP contribution is -2.42. The molecule has 0 bridgehead atoms. The Kier molecular flexibility index (Phi) is 7.93. The van der Waals surface area contributed by atoms with Gasteiger partial charge in [-0.2, -0.15) is 0 Å². The summed E-state index contributed by atoms with van der Waals surface area (Å²) in [5, 5.41) is 5.08. The first-order valence-electron chi connectivity index (χ1n) is 9.72. The Hall–Kier alpha value is -3.27. The van der Waals surface area contributed by atoms with Crippen LogP contribution < -0.4 is 10.6 Å². The van der Waals surface area contributed by atoms with Gasteiger partial charge in [-0.05, 0) is 65.4 Å². The summed E-state index contributed by atoms with van der Waals surface area (Å²) in [5.74, 6) is -1.75. The molecule has 6 nitrogen and oxygen atoms in total. The van der Waals surface area contributed by atoms with Crippen LogP contribution in [0.1, 0.15) is 28.4 Å². The van der Waals surface area contributed by atoms with Crippen molar-refractivity contribution in [3.63, 3.8) is 0 Å². The molecule has 1 atom stereocenters. The van der Waals surface area contributed by atoms with E-state index in [0.717, 1.165) is 9.13 Å². The van der Waals surface area contributed by atoms with Crippen molar-refractivity contribution in [2.24, 2.45) is 0 Å². The second kappa shape index (κ2) is 10.9. The lowest BCUT2D eigenvalue weighted by Gasteiger charge is -2.16. The zero-order valence-electron chi connectivity index (χ0n) is 17.1. The zero-order chi connectivity index (χ0) is 23.1. The Morgan fingerprint density at radius 3 is 2.38 bits per heavy atom. The number of nitrogens with one attached hydrogen (secondary N) is 2. The molecule has 0 aromatic heterocycles. The third-order valence-corrected chi connectivity index (χ3v) is 5.21. The highest BCUT2D eigenvalue weighted by Gasteiger charge is 2.21. The standard InChI is InChI=1S/C24H20FIN2O4/c1-15(27-24(31)32-14-16-7-3-2-4-8-16)23(30)28-21-12-11-17(26)13-19(21)22(29)18-9-5-6-10-20(18)25/h2-13,15H,14H2,1H3,(H,27,31)(H,28,30)/t15-/m0/s1. The maximum absolute atomic E-state index is 14.1. The monoisotopic (exact) mass is 546 g/mol. The molecular weight excluding hydrogens is 526 g/mol. The van der Waals surface area contributed by atoms with E-state index in [2.05, 4.69) is 10.6 Å². The molecule has 0 radical (unpaired) electrons. The topological polar surface area (TPSA) is 84.5 Å². The Labute approximate surface area is 198 Å². The van der Waals surface area contributed by atoms with Gasteiger partial charge in [-0.15, -0.1) is 0 Å². The van der Waals surface area contributed by atoms with Gasteiger partial charge in [-0.1, -0.05) is 42.5 Å². The van der Waals surface area contributed by atoms with E-state index < -0.39 is 29.6 Å². The average Bonchev–Trinajstić information content (AvgIpc) is 2.79. The number of carbonyl (C=O) groups excluding carboxylic acids is 3. The molecule has 0 saturated carbocycles. The molecule has 0 heterocycles. The normalized spacial score (nSPS) is 11.3. The number of carbonyl (C=O) groups is 3. The molecular formula is C24H20FIN2O4. The Morgan fingerprint density at radius 1 is 0.969 bits per heavy atom. The van der Waals surface area contributed by atoms with E-state index in [1.165, 1.54) is 25.1 Å². The SMILES string of the molecule is C[C@H](NC(=O)OCc1ccccc1)C(=O)Nc1ccc(I)cc1C(=O)c1ccccc1F. The number of benzene rings is 3. The Balaban J connectivity index is 1.67. The van der Waals surface area contributed by atoms with Crippen molar-refractivity contribution in [1.82, 2.24) is 5.32 Å². The fourth-order valence-corrected chi connectivity index (χ4v) is 3.34. The van der Waals surface area contributed by atoms with E-state index >= 15 is 0 Å². The summed E-state index contributed by atoms with van der Waals surface area (Å²) in [6.45, 7) is 1.56. The minimum atomic E-state index is -0.936. The fourth-order valence-electron chi connectivity index (χ4n) is 2.85. The molecule has 3 aromatic carbocycles. The van der Waals surface area contributed by atoms with Crippen LogP contribution in [-0.4, -0.2) is 23.8 Å². The number of ether oxygens (including phenoxy) is 1. The van der Waals surface area contributed by atoms with Crippen molar-refractivity contribution in [1.29, 1.82) is 0 Å². The van der Waals surface area contributed by atoms with Gasteiger partial charge in [0.2, 0.25) is 5.91 Å². The lowest BCUT2D eigenvalue weighted by atomic mass is 10.0. The lowest BCUT2D eigenvalue weighted by molar-refractivity contribution is -0.117. The minimum Gasteiger partial charge on any atom is -0.445 e. The summed E-state index contributed by atoms with van der Waals surface area (Å²) in [6, 6.07) is 18.7. The van der Waals surface area contributed by atoms with Crippen LogP contribution in [0.15, 0.2) is 72.8 Å². The molecule has 0 spiro atoms. The second-order valence-electron chi connectivity index (χ2n) is 6.92. The molecule has 2 N–H and O–H groups in total. The molecule has 164 valence electrons. The van der Waals surface area contributed by atoms with Crippen LogP contribution in [0.25, 0.3) is 0 Å². The van der Waals surface area contributed by atoms with Gasteiger partial charge in [-0.25, -0.2) is 9.18 Å². The van der Waals surface area contributed by atoms with Crippen LogP contribution in [-0.2, 0) is 16.1 Å². The summed E-state index contributed by atoms with van der Waals surface area (Å²) in [5.41, 5.74) is 1.08. The van der Waals surface area contributed by atoms with Crippen molar-refractivity contribution in [3.8, 4) is 0 Å². The molecule has 0 unspecified atom stereocenters. The van der Waals surface area contributed by atoms with Gasteiger partial charge in [0.15, 0.2) is 5.78 Å². The van der Waals surface area contributed by atoms with E-state index in [1.807, 2.05) is 52.9 Å². The maximum Gasteiger partial charge on any atom is 0.408 e. The summed E-state index contributed by atoms with van der Waals surface area (Å²) < 4.78 is 20.0. The third-order valence-electron chi connectivity index (χ3n) is 4.54. The molecule has 32 heavy (non-hydrogen) atoms.